The fraction of sp³-hybridized carbons (Fsp3) is 0.0667. The summed E-state index contributed by atoms with van der Waals surface area (Å²) in [5, 5.41) is 1.39. The molecule has 0 atom stereocenters. The summed E-state index contributed by atoms with van der Waals surface area (Å²) in [6.07, 6.45) is 0. The number of para-hydroxylation sites is 1. The summed E-state index contributed by atoms with van der Waals surface area (Å²) in [4.78, 5) is 8.56. The molecule has 0 aliphatic heterocycles. The van der Waals surface area contributed by atoms with Crippen molar-refractivity contribution in [2.75, 3.05) is 7.11 Å². The normalized spacial score (nSPS) is 10.9. The van der Waals surface area contributed by atoms with Crippen molar-refractivity contribution in [1.82, 2.24) is 9.97 Å². The zero-order valence-corrected chi connectivity index (χ0v) is 12.4. The molecule has 1 aromatic heterocycles. The van der Waals surface area contributed by atoms with E-state index in [1.165, 1.54) is 19.2 Å². The van der Waals surface area contributed by atoms with Gasteiger partial charge in [-0.05, 0) is 30.3 Å². The number of hydrogen-bond donors (Lipinski definition) is 0. The topological polar surface area (TPSA) is 35.0 Å². The molecular formula is C15H9Cl2FN2O. The van der Waals surface area contributed by atoms with Gasteiger partial charge in [-0.25, -0.2) is 14.4 Å². The summed E-state index contributed by atoms with van der Waals surface area (Å²) >= 11 is 12.3. The van der Waals surface area contributed by atoms with Crippen molar-refractivity contribution in [3.05, 3.63) is 52.4 Å². The lowest BCUT2D eigenvalue weighted by Gasteiger charge is -2.07. The van der Waals surface area contributed by atoms with Crippen molar-refractivity contribution < 1.29 is 9.13 Å². The largest absolute Gasteiger partial charge is 0.494 e. The Kier molecular flexibility index (Phi) is 3.66. The van der Waals surface area contributed by atoms with Crippen LogP contribution in [0, 0.1) is 5.82 Å². The summed E-state index contributed by atoms with van der Waals surface area (Å²) in [6.45, 7) is 0. The monoisotopic (exact) mass is 322 g/mol. The Hall–Kier alpha value is -1.91. The average molecular weight is 323 g/mol. The van der Waals surface area contributed by atoms with Gasteiger partial charge in [0.05, 0.1) is 17.6 Å². The second kappa shape index (κ2) is 5.47. The Labute approximate surface area is 130 Å². The number of benzene rings is 2. The Morgan fingerprint density at radius 3 is 2.62 bits per heavy atom. The predicted molar refractivity (Wildman–Crippen MR) is 81.5 cm³/mol. The van der Waals surface area contributed by atoms with Gasteiger partial charge < -0.3 is 4.74 Å². The van der Waals surface area contributed by atoms with Crippen LogP contribution >= 0.6 is 23.2 Å². The molecule has 0 saturated carbocycles. The molecule has 0 saturated heterocycles. The summed E-state index contributed by atoms with van der Waals surface area (Å²) in [5.41, 5.74) is 1.03. The quantitative estimate of drug-likeness (QED) is 0.638. The number of ether oxygens (including phenoxy) is 1. The highest BCUT2D eigenvalue weighted by Gasteiger charge is 2.12. The van der Waals surface area contributed by atoms with Crippen molar-refractivity contribution in [2.45, 2.75) is 0 Å². The number of fused-ring (bicyclic) bond motifs is 1. The predicted octanol–water partition coefficient (Wildman–Crippen LogP) is 4.75. The summed E-state index contributed by atoms with van der Waals surface area (Å²) in [7, 11) is 1.40. The third-order valence-corrected chi connectivity index (χ3v) is 3.63. The van der Waals surface area contributed by atoms with E-state index in [2.05, 4.69) is 9.97 Å². The van der Waals surface area contributed by atoms with E-state index in [1.807, 2.05) is 0 Å². The number of hydrogen-bond acceptors (Lipinski definition) is 3. The Morgan fingerprint density at radius 1 is 1.10 bits per heavy atom. The van der Waals surface area contributed by atoms with E-state index in [4.69, 9.17) is 27.9 Å². The van der Waals surface area contributed by atoms with Crippen LogP contribution in [0.5, 0.6) is 5.75 Å². The van der Waals surface area contributed by atoms with E-state index in [0.29, 0.717) is 27.3 Å². The van der Waals surface area contributed by atoms with Gasteiger partial charge in [-0.2, -0.15) is 0 Å². The van der Waals surface area contributed by atoms with E-state index in [9.17, 15) is 4.39 Å². The Bertz CT molecular complexity index is 839. The number of halogens is 3. The number of rotatable bonds is 2. The standard InChI is InChI=1S/C15H9Cl2FN2O/c1-21-12-6-5-8(7-11(12)18)15-19-13-9(14(17)20-15)3-2-4-10(13)16/h2-7H,1H3. The van der Waals surface area contributed by atoms with Crippen LogP contribution in [0.15, 0.2) is 36.4 Å². The number of nitrogens with zero attached hydrogens (tertiary/aromatic N) is 2. The molecule has 0 fully saturated rings. The average Bonchev–Trinajstić information content (AvgIpc) is 2.48. The molecule has 1 heterocycles. The van der Waals surface area contributed by atoms with Crippen LogP contribution in [-0.2, 0) is 0 Å². The Balaban J connectivity index is 2.21. The van der Waals surface area contributed by atoms with Crippen LogP contribution < -0.4 is 4.74 Å². The first kappa shape index (κ1) is 14.0. The first-order valence-corrected chi connectivity index (χ1v) is 6.81. The fourth-order valence-corrected chi connectivity index (χ4v) is 2.46. The van der Waals surface area contributed by atoms with Crippen molar-refractivity contribution in [1.29, 1.82) is 0 Å². The smallest absolute Gasteiger partial charge is 0.165 e. The molecule has 3 nitrogen and oxygen atoms in total. The second-order valence-corrected chi connectivity index (χ2v) is 5.09. The van der Waals surface area contributed by atoms with Crippen molar-refractivity contribution >= 4 is 34.1 Å². The van der Waals surface area contributed by atoms with Crippen molar-refractivity contribution in [3.63, 3.8) is 0 Å². The molecule has 0 aliphatic carbocycles. The highest BCUT2D eigenvalue weighted by atomic mass is 35.5. The first-order valence-electron chi connectivity index (χ1n) is 6.06. The van der Waals surface area contributed by atoms with Gasteiger partial charge in [0.15, 0.2) is 17.4 Å². The van der Waals surface area contributed by atoms with E-state index in [-0.39, 0.29) is 10.9 Å². The molecule has 0 amide bonds. The molecule has 0 unspecified atom stereocenters. The van der Waals surface area contributed by atoms with Crippen LogP contribution in [0.3, 0.4) is 0 Å². The lowest BCUT2D eigenvalue weighted by atomic mass is 10.2. The van der Waals surface area contributed by atoms with E-state index < -0.39 is 5.82 Å². The van der Waals surface area contributed by atoms with Crippen LogP contribution in [0.2, 0.25) is 10.2 Å². The minimum Gasteiger partial charge on any atom is -0.494 e. The number of aromatic nitrogens is 2. The van der Waals surface area contributed by atoms with Gasteiger partial charge in [0.2, 0.25) is 0 Å². The van der Waals surface area contributed by atoms with Gasteiger partial charge in [0.1, 0.15) is 5.15 Å². The van der Waals surface area contributed by atoms with Gasteiger partial charge >= 0.3 is 0 Å². The van der Waals surface area contributed by atoms with Gasteiger partial charge in [-0.1, -0.05) is 29.3 Å². The van der Waals surface area contributed by atoms with Gasteiger partial charge in [0, 0.05) is 10.9 Å². The molecule has 3 rings (SSSR count). The van der Waals surface area contributed by atoms with Gasteiger partial charge in [-0.3, -0.25) is 0 Å². The molecule has 0 aliphatic rings. The molecule has 0 spiro atoms. The minimum absolute atomic E-state index is 0.156. The summed E-state index contributed by atoms with van der Waals surface area (Å²) in [5.74, 6) is -0.0280. The number of methoxy groups -OCH3 is 1. The maximum absolute atomic E-state index is 13.8. The van der Waals surface area contributed by atoms with Crippen LogP contribution in [0.4, 0.5) is 4.39 Å². The lowest BCUT2D eigenvalue weighted by molar-refractivity contribution is 0.386. The third-order valence-electron chi connectivity index (χ3n) is 3.04. The third kappa shape index (κ3) is 2.52. The minimum atomic E-state index is -0.492. The molecule has 6 heteroatoms. The molecule has 3 aromatic rings. The maximum atomic E-state index is 13.8. The SMILES string of the molecule is COc1ccc(-c2nc(Cl)c3cccc(Cl)c3n2)cc1F. The molecule has 21 heavy (non-hydrogen) atoms. The zero-order chi connectivity index (χ0) is 15.0. The molecule has 106 valence electrons. The maximum Gasteiger partial charge on any atom is 0.165 e. The molecular weight excluding hydrogens is 314 g/mol. The van der Waals surface area contributed by atoms with E-state index in [1.54, 1.807) is 24.3 Å². The summed E-state index contributed by atoms with van der Waals surface area (Å²) < 4.78 is 18.7. The first-order chi connectivity index (χ1) is 10.1. The van der Waals surface area contributed by atoms with Gasteiger partial charge in [0.25, 0.3) is 0 Å². The second-order valence-electron chi connectivity index (χ2n) is 4.32. The van der Waals surface area contributed by atoms with E-state index in [0.717, 1.165) is 0 Å². The van der Waals surface area contributed by atoms with Crippen LogP contribution in [0.25, 0.3) is 22.3 Å². The van der Waals surface area contributed by atoms with Crippen molar-refractivity contribution in [2.24, 2.45) is 0 Å². The van der Waals surface area contributed by atoms with Gasteiger partial charge in [-0.15, -0.1) is 0 Å². The Morgan fingerprint density at radius 2 is 1.90 bits per heavy atom. The molecule has 0 N–H and O–H groups in total. The lowest BCUT2D eigenvalue weighted by Crippen LogP contribution is -1.94. The van der Waals surface area contributed by atoms with Crippen LogP contribution in [0.1, 0.15) is 0 Å². The summed E-state index contributed by atoms with van der Waals surface area (Å²) in [6, 6.07) is 9.74. The highest BCUT2D eigenvalue weighted by molar-refractivity contribution is 6.38. The molecule has 0 bridgehead atoms. The van der Waals surface area contributed by atoms with Crippen LogP contribution in [-0.4, -0.2) is 17.1 Å². The highest BCUT2D eigenvalue weighted by Crippen LogP contribution is 2.30. The molecule has 2 aromatic carbocycles. The fourth-order valence-electron chi connectivity index (χ4n) is 2.01. The molecule has 0 radical (unpaired) electrons. The van der Waals surface area contributed by atoms with Crippen molar-refractivity contribution in [3.8, 4) is 17.1 Å². The zero-order valence-electron chi connectivity index (χ0n) is 10.9. The van der Waals surface area contributed by atoms with E-state index >= 15 is 0 Å².